The predicted octanol–water partition coefficient (Wildman–Crippen LogP) is 2.39. The van der Waals surface area contributed by atoms with Gasteiger partial charge in [-0.1, -0.05) is 28.1 Å². The van der Waals surface area contributed by atoms with Crippen molar-refractivity contribution in [3.05, 3.63) is 58.6 Å². The third kappa shape index (κ3) is 6.70. The van der Waals surface area contributed by atoms with Crippen molar-refractivity contribution < 1.29 is 22.7 Å². The van der Waals surface area contributed by atoms with Crippen LogP contribution in [0.25, 0.3) is 0 Å². The molecule has 168 valence electrons. The Labute approximate surface area is 191 Å². The molecule has 0 spiro atoms. The van der Waals surface area contributed by atoms with Crippen molar-refractivity contribution in [1.29, 1.82) is 0 Å². The largest absolute Gasteiger partial charge is 0.497 e. The zero-order valence-corrected chi connectivity index (χ0v) is 20.2. The molecule has 0 saturated heterocycles. The number of carbonyl (C=O) groups is 2. The first-order chi connectivity index (χ1) is 14.6. The van der Waals surface area contributed by atoms with Crippen LogP contribution in [0.1, 0.15) is 12.5 Å². The van der Waals surface area contributed by atoms with E-state index in [4.69, 9.17) is 4.74 Å². The number of anilines is 1. The molecule has 1 N–H and O–H groups in total. The Kier molecular flexibility index (Phi) is 8.46. The Morgan fingerprint density at radius 1 is 1.16 bits per heavy atom. The van der Waals surface area contributed by atoms with E-state index in [1.807, 2.05) is 6.07 Å². The fraction of sp³-hybridized carbons (Fsp3) is 0.333. The van der Waals surface area contributed by atoms with E-state index < -0.39 is 28.5 Å². The zero-order valence-electron chi connectivity index (χ0n) is 17.8. The molecular weight excluding hydrogens is 486 g/mol. The normalized spacial score (nSPS) is 12.0. The molecule has 2 aromatic rings. The number of nitrogens with zero attached hydrogens (tertiary/aromatic N) is 2. The molecule has 1 atom stereocenters. The maximum absolute atomic E-state index is 13.3. The molecule has 0 radical (unpaired) electrons. The van der Waals surface area contributed by atoms with Gasteiger partial charge in [0.05, 0.1) is 19.1 Å². The van der Waals surface area contributed by atoms with Crippen LogP contribution in [0.3, 0.4) is 0 Å². The molecular formula is C21H26BrN3O5S. The molecule has 2 aromatic carbocycles. The average Bonchev–Trinajstić information content (AvgIpc) is 2.74. The number of nitrogens with one attached hydrogen (secondary N) is 1. The fourth-order valence-electron chi connectivity index (χ4n) is 2.98. The van der Waals surface area contributed by atoms with Crippen molar-refractivity contribution in [2.75, 3.05) is 31.3 Å². The van der Waals surface area contributed by atoms with Crippen LogP contribution >= 0.6 is 15.9 Å². The highest BCUT2D eigenvalue weighted by molar-refractivity contribution is 9.10. The minimum absolute atomic E-state index is 0.114. The van der Waals surface area contributed by atoms with Gasteiger partial charge in [-0.2, -0.15) is 0 Å². The second kappa shape index (κ2) is 10.6. The maximum Gasteiger partial charge on any atom is 0.244 e. The van der Waals surface area contributed by atoms with E-state index in [-0.39, 0.29) is 12.5 Å². The summed E-state index contributed by atoms with van der Waals surface area (Å²) in [7, 11) is -0.722. The van der Waals surface area contributed by atoms with Gasteiger partial charge in [-0.05, 0) is 48.9 Å². The second-order valence-electron chi connectivity index (χ2n) is 6.91. The van der Waals surface area contributed by atoms with Crippen LogP contribution in [0.15, 0.2) is 53.0 Å². The van der Waals surface area contributed by atoms with Gasteiger partial charge < -0.3 is 15.0 Å². The number of sulfonamides is 1. The lowest BCUT2D eigenvalue weighted by molar-refractivity contribution is -0.139. The Morgan fingerprint density at radius 2 is 1.81 bits per heavy atom. The number of rotatable bonds is 9. The Bertz CT molecular complexity index is 1030. The number of carbonyl (C=O) groups excluding carboxylic acids is 2. The quantitative estimate of drug-likeness (QED) is 0.557. The number of amides is 2. The lowest BCUT2D eigenvalue weighted by atomic mass is 10.1. The maximum atomic E-state index is 13.3. The summed E-state index contributed by atoms with van der Waals surface area (Å²) in [6.07, 6.45) is 1.04. The smallest absolute Gasteiger partial charge is 0.244 e. The zero-order chi connectivity index (χ0) is 23.2. The minimum atomic E-state index is -3.74. The van der Waals surface area contributed by atoms with Gasteiger partial charge in [-0.3, -0.25) is 13.9 Å². The van der Waals surface area contributed by atoms with Gasteiger partial charge >= 0.3 is 0 Å². The van der Waals surface area contributed by atoms with Gasteiger partial charge in [0.1, 0.15) is 18.3 Å². The van der Waals surface area contributed by atoms with Crippen LogP contribution in [0.4, 0.5) is 5.69 Å². The number of benzene rings is 2. The van der Waals surface area contributed by atoms with E-state index in [9.17, 15) is 18.0 Å². The highest BCUT2D eigenvalue weighted by Gasteiger charge is 2.29. The van der Waals surface area contributed by atoms with Crippen molar-refractivity contribution in [2.45, 2.75) is 19.5 Å². The van der Waals surface area contributed by atoms with Gasteiger partial charge in [0.2, 0.25) is 21.8 Å². The molecule has 10 heteroatoms. The topological polar surface area (TPSA) is 96.0 Å². The molecule has 2 rings (SSSR count). The predicted molar refractivity (Wildman–Crippen MR) is 123 cm³/mol. The number of hydrogen-bond donors (Lipinski definition) is 1. The summed E-state index contributed by atoms with van der Waals surface area (Å²) >= 11 is 3.31. The van der Waals surface area contributed by atoms with E-state index >= 15 is 0 Å². The van der Waals surface area contributed by atoms with E-state index in [1.54, 1.807) is 49.4 Å². The summed E-state index contributed by atoms with van der Waals surface area (Å²) in [6.45, 7) is 1.27. The number of halogens is 1. The van der Waals surface area contributed by atoms with Crippen LogP contribution in [-0.4, -0.2) is 58.1 Å². The van der Waals surface area contributed by atoms with Crippen LogP contribution < -0.4 is 14.4 Å². The average molecular weight is 512 g/mol. The Morgan fingerprint density at radius 3 is 2.35 bits per heavy atom. The minimum Gasteiger partial charge on any atom is -0.497 e. The summed E-state index contributed by atoms with van der Waals surface area (Å²) in [4.78, 5) is 26.9. The van der Waals surface area contributed by atoms with Crippen LogP contribution in [0, 0.1) is 0 Å². The Hall–Kier alpha value is -2.59. The van der Waals surface area contributed by atoms with E-state index in [0.29, 0.717) is 11.4 Å². The first-order valence-corrected chi connectivity index (χ1v) is 12.1. The molecule has 2 amide bonds. The lowest BCUT2D eigenvalue weighted by Gasteiger charge is -2.31. The van der Waals surface area contributed by atoms with Crippen molar-refractivity contribution >= 4 is 43.5 Å². The van der Waals surface area contributed by atoms with Gasteiger partial charge in [0.25, 0.3) is 0 Å². The highest BCUT2D eigenvalue weighted by Crippen LogP contribution is 2.22. The molecule has 0 fully saturated rings. The third-order valence-corrected chi connectivity index (χ3v) is 6.36. The molecule has 0 unspecified atom stereocenters. The highest BCUT2D eigenvalue weighted by atomic mass is 79.9. The van der Waals surface area contributed by atoms with Crippen molar-refractivity contribution in [1.82, 2.24) is 10.2 Å². The van der Waals surface area contributed by atoms with Gasteiger partial charge in [-0.25, -0.2) is 8.42 Å². The second-order valence-corrected chi connectivity index (χ2v) is 9.73. The summed E-state index contributed by atoms with van der Waals surface area (Å²) < 4.78 is 31.9. The molecule has 0 aliphatic carbocycles. The first kappa shape index (κ1) is 24.7. The summed E-state index contributed by atoms with van der Waals surface area (Å²) in [6, 6.07) is 12.9. The molecule has 0 bridgehead atoms. The van der Waals surface area contributed by atoms with Crippen molar-refractivity contribution in [2.24, 2.45) is 0 Å². The molecule has 0 aromatic heterocycles. The summed E-state index contributed by atoms with van der Waals surface area (Å²) in [5, 5.41) is 2.54. The molecule has 0 saturated carbocycles. The van der Waals surface area contributed by atoms with Gasteiger partial charge in [0, 0.05) is 18.1 Å². The van der Waals surface area contributed by atoms with Crippen LogP contribution in [-0.2, 0) is 26.2 Å². The SMILES string of the molecule is CNC(=O)[C@H](C)N(Cc1cccc(OC)c1)C(=O)CN(c1ccc(Br)cc1)S(C)(=O)=O. The monoisotopic (exact) mass is 511 g/mol. The van der Waals surface area contributed by atoms with Crippen molar-refractivity contribution in [3.8, 4) is 5.75 Å². The number of likely N-dealkylation sites (N-methyl/N-ethyl adjacent to an activating group) is 1. The lowest BCUT2D eigenvalue weighted by Crippen LogP contribution is -2.50. The van der Waals surface area contributed by atoms with Gasteiger partial charge in [0.15, 0.2) is 0 Å². The Balaban J connectivity index is 2.37. The molecule has 0 aliphatic rings. The number of ether oxygens (including phenoxy) is 1. The molecule has 0 aliphatic heterocycles. The summed E-state index contributed by atoms with van der Waals surface area (Å²) in [5.41, 5.74) is 1.10. The van der Waals surface area contributed by atoms with E-state index in [2.05, 4.69) is 21.2 Å². The van der Waals surface area contributed by atoms with Crippen LogP contribution in [0.5, 0.6) is 5.75 Å². The fourth-order valence-corrected chi connectivity index (χ4v) is 4.09. The standard InChI is InChI=1S/C21H26BrN3O5S/c1-15(21(27)23-2)24(13-16-6-5-7-19(12-16)30-3)20(26)14-25(31(4,28)29)18-10-8-17(22)9-11-18/h5-12,15H,13-14H2,1-4H3,(H,23,27)/t15-/m0/s1. The van der Waals surface area contributed by atoms with Crippen LogP contribution in [0.2, 0.25) is 0 Å². The summed E-state index contributed by atoms with van der Waals surface area (Å²) in [5.74, 6) is -0.247. The number of methoxy groups -OCH3 is 1. The third-order valence-electron chi connectivity index (χ3n) is 4.69. The molecule has 0 heterocycles. The molecule has 31 heavy (non-hydrogen) atoms. The van der Waals surface area contributed by atoms with Crippen molar-refractivity contribution in [3.63, 3.8) is 0 Å². The van der Waals surface area contributed by atoms with E-state index in [0.717, 1.165) is 20.6 Å². The van der Waals surface area contributed by atoms with Gasteiger partial charge in [-0.15, -0.1) is 0 Å². The van der Waals surface area contributed by atoms with E-state index in [1.165, 1.54) is 19.1 Å². The number of hydrogen-bond acceptors (Lipinski definition) is 5. The molecule has 8 nitrogen and oxygen atoms in total. The first-order valence-electron chi connectivity index (χ1n) is 9.44.